The van der Waals surface area contributed by atoms with Crippen molar-refractivity contribution in [2.24, 2.45) is 0 Å². The van der Waals surface area contributed by atoms with E-state index in [-0.39, 0.29) is 11.3 Å². The van der Waals surface area contributed by atoms with Crippen molar-refractivity contribution in [2.45, 2.75) is 46.1 Å². The number of Topliss-reactive ketones (excluding diaryl/α,β-unsaturated/α-hetero) is 1. The largest absolute Gasteiger partial charge is 0.507 e. The summed E-state index contributed by atoms with van der Waals surface area (Å²) in [7, 11) is 0. The van der Waals surface area contributed by atoms with E-state index in [2.05, 4.69) is 6.92 Å². The number of nitrogens with zero attached hydrogens (tertiary/aromatic N) is 2. The molecule has 1 N–H and O–H groups in total. The van der Waals surface area contributed by atoms with Gasteiger partial charge >= 0.3 is 5.91 Å². The van der Waals surface area contributed by atoms with Gasteiger partial charge in [0.05, 0.1) is 41.7 Å². The summed E-state index contributed by atoms with van der Waals surface area (Å²) in [5.41, 5.74) is 1.69. The first-order chi connectivity index (χ1) is 20.5. The number of carbonyl (C=O) groups excluding carboxylic acids is 2. The molecular formula is C33H34N2O6S. The Balaban J connectivity index is 1.64. The van der Waals surface area contributed by atoms with Crippen LogP contribution in [0.15, 0.2) is 72.3 Å². The zero-order chi connectivity index (χ0) is 29.6. The number of ketones is 1. The summed E-state index contributed by atoms with van der Waals surface area (Å²) in [4.78, 5) is 33.4. The first-order valence-corrected chi connectivity index (χ1v) is 15.1. The number of benzene rings is 3. The highest BCUT2D eigenvalue weighted by atomic mass is 32.1. The van der Waals surface area contributed by atoms with Crippen molar-refractivity contribution >= 4 is 44.1 Å². The summed E-state index contributed by atoms with van der Waals surface area (Å²) in [6, 6.07) is 18.7. The second-order valence-corrected chi connectivity index (χ2v) is 10.8. The van der Waals surface area contributed by atoms with Gasteiger partial charge in [0.2, 0.25) is 0 Å². The number of anilines is 1. The van der Waals surface area contributed by atoms with E-state index in [9.17, 15) is 14.7 Å². The second kappa shape index (κ2) is 13.1. The Bertz CT molecular complexity index is 1610. The monoisotopic (exact) mass is 586 g/mol. The van der Waals surface area contributed by atoms with Crippen LogP contribution < -0.4 is 19.1 Å². The maximum atomic E-state index is 13.7. The maximum absolute atomic E-state index is 13.7. The summed E-state index contributed by atoms with van der Waals surface area (Å²) in [6.07, 6.45) is 3.06. The van der Waals surface area contributed by atoms with E-state index in [0.29, 0.717) is 58.8 Å². The molecule has 4 aromatic rings. The highest BCUT2D eigenvalue weighted by Crippen LogP contribution is 2.46. The fourth-order valence-corrected chi connectivity index (χ4v) is 5.99. The molecule has 0 saturated carbocycles. The molecule has 2 heterocycles. The van der Waals surface area contributed by atoms with Crippen molar-refractivity contribution in [1.29, 1.82) is 0 Å². The van der Waals surface area contributed by atoms with Gasteiger partial charge in [-0.15, -0.1) is 0 Å². The number of aliphatic hydroxyl groups is 1. The molecule has 3 aromatic carbocycles. The number of ether oxygens (including phenoxy) is 3. The fraction of sp³-hybridized carbons (Fsp3) is 0.303. The SMILES string of the molecule is CCCCCOc1ccc(C2/C(=C(\O)c3ccccc3)C(=O)C(=O)N2c2nc3ccc(OCC)cc3s2)cc1OCC. The van der Waals surface area contributed by atoms with Gasteiger partial charge in [0.25, 0.3) is 5.78 Å². The number of thiazole rings is 1. The van der Waals surface area contributed by atoms with E-state index < -0.39 is 17.7 Å². The Morgan fingerprint density at radius 3 is 2.43 bits per heavy atom. The topological polar surface area (TPSA) is 98.2 Å². The molecule has 5 rings (SSSR count). The van der Waals surface area contributed by atoms with E-state index in [1.807, 2.05) is 38.1 Å². The molecule has 1 amide bonds. The minimum Gasteiger partial charge on any atom is -0.507 e. The van der Waals surface area contributed by atoms with E-state index in [4.69, 9.17) is 19.2 Å². The number of amides is 1. The van der Waals surface area contributed by atoms with E-state index in [1.54, 1.807) is 42.5 Å². The number of fused-ring (bicyclic) bond motifs is 1. The van der Waals surface area contributed by atoms with E-state index in [0.717, 1.165) is 24.0 Å². The molecule has 0 spiro atoms. The molecule has 0 radical (unpaired) electrons. The molecule has 0 bridgehead atoms. The van der Waals surface area contributed by atoms with Crippen molar-refractivity contribution in [3.8, 4) is 17.2 Å². The van der Waals surface area contributed by atoms with E-state index in [1.165, 1.54) is 16.2 Å². The third-order valence-corrected chi connectivity index (χ3v) is 7.96. The van der Waals surface area contributed by atoms with Gasteiger partial charge < -0.3 is 19.3 Å². The summed E-state index contributed by atoms with van der Waals surface area (Å²) in [6.45, 7) is 7.40. The van der Waals surface area contributed by atoms with Crippen molar-refractivity contribution in [2.75, 3.05) is 24.7 Å². The first-order valence-electron chi connectivity index (χ1n) is 14.3. The molecule has 1 aliphatic heterocycles. The minimum absolute atomic E-state index is 0.0143. The summed E-state index contributed by atoms with van der Waals surface area (Å²) in [5, 5.41) is 11.8. The average Bonchev–Trinajstić information content (AvgIpc) is 3.53. The number of hydrogen-bond acceptors (Lipinski definition) is 8. The second-order valence-electron chi connectivity index (χ2n) is 9.79. The van der Waals surface area contributed by atoms with Crippen molar-refractivity contribution < 1.29 is 28.9 Å². The molecule has 1 unspecified atom stereocenters. The molecule has 1 aromatic heterocycles. The zero-order valence-corrected chi connectivity index (χ0v) is 24.8. The van der Waals surface area contributed by atoms with Crippen LogP contribution in [0.3, 0.4) is 0 Å². The number of aromatic nitrogens is 1. The van der Waals surface area contributed by atoms with Gasteiger partial charge in [-0.05, 0) is 56.2 Å². The van der Waals surface area contributed by atoms with E-state index >= 15 is 0 Å². The summed E-state index contributed by atoms with van der Waals surface area (Å²) >= 11 is 1.28. The van der Waals surface area contributed by atoms with Crippen LogP contribution in [-0.4, -0.2) is 41.6 Å². The Labute approximate surface area is 249 Å². The lowest BCUT2D eigenvalue weighted by Gasteiger charge is -2.24. The van der Waals surface area contributed by atoms with Crippen LogP contribution in [-0.2, 0) is 9.59 Å². The third-order valence-electron chi connectivity index (χ3n) is 6.95. The predicted octanol–water partition coefficient (Wildman–Crippen LogP) is 7.29. The third kappa shape index (κ3) is 5.83. The Kier molecular flexibility index (Phi) is 9.07. The van der Waals surface area contributed by atoms with Gasteiger partial charge in [-0.2, -0.15) is 0 Å². The van der Waals surface area contributed by atoms with Gasteiger partial charge in [-0.1, -0.05) is 67.5 Å². The summed E-state index contributed by atoms with van der Waals surface area (Å²) < 4.78 is 18.4. The smallest absolute Gasteiger partial charge is 0.301 e. The Morgan fingerprint density at radius 2 is 1.69 bits per heavy atom. The molecule has 218 valence electrons. The molecule has 1 fully saturated rings. The molecule has 0 aliphatic carbocycles. The standard InChI is InChI=1S/C33H34N2O6S/c1-4-7-11-18-41-25-17-14-22(19-26(25)40-6-3)29-28(30(36)21-12-9-8-10-13-21)31(37)32(38)35(29)33-34-24-16-15-23(39-5-2)20-27(24)42-33/h8-10,12-17,19-20,29,36H,4-7,11,18H2,1-3H3/b30-28+. The Morgan fingerprint density at radius 1 is 0.905 bits per heavy atom. The predicted molar refractivity (Wildman–Crippen MR) is 165 cm³/mol. The molecule has 1 saturated heterocycles. The molecule has 1 aliphatic rings. The van der Waals surface area contributed by atoms with Crippen LogP contribution in [0.5, 0.6) is 17.2 Å². The molecule has 42 heavy (non-hydrogen) atoms. The van der Waals surface area contributed by atoms with Crippen molar-refractivity contribution in [3.05, 3.63) is 83.4 Å². The van der Waals surface area contributed by atoms with Crippen LogP contribution in [0.25, 0.3) is 16.0 Å². The highest BCUT2D eigenvalue weighted by molar-refractivity contribution is 7.22. The first kappa shape index (κ1) is 29.1. The van der Waals surface area contributed by atoms with Crippen LogP contribution in [0.4, 0.5) is 5.13 Å². The number of hydrogen-bond donors (Lipinski definition) is 1. The number of unbranched alkanes of at least 4 members (excludes halogenated alkanes) is 2. The lowest BCUT2D eigenvalue weighted by Crippen LogP contribution is -2.29. The number of carbonyl (C=O) groups is 2. The van der Waals surface area contributed by atoms with Crippen LogP contribution in [0.2, 0.25) is 0 Å². The van der Waals surface area contributed by atoms with Gasteiger partial charge in [-0.3, -0.25) is 14.5 Å². The van der Waals surface area contributed by atoms with Crippen LogP contribution in [0.1, 0.15) is 57.2 Å². The van der Waals surface area contributed by atoms with Gasteiger partial charge in [0.1, 0.15) is 11.5 Å². The van der Waals surface area contributed by atoms with Gasteiger partial charge in [0, 0.05) is 5.56 Å². The average molecular weight is 587 g/mol. The number of aliphatic hydroxyl groups excluding tert-OH is 1. The normalized spacial score (nSPS) is 16.3. The lowest BCUT2D eigenvalue weighted by molar-refractivity contribution is -0.132. The van der Waals surface area contributed by atoms with Gasteiger partial charge in [-0.25, -0.2) is 4.98 Å². The highest BCUT2D eigenvalue weighted by Gasteiger charge is 2.48. The quantitative estimate of drug-likeness (QED) is 0.0806. The number of rotatable bonds is 12. The maximum Gasteiger partial charge on any atom is 0.301 e. The van der Waals surface area contributed by atoms with Crippen molar-refractivity contribution in [3.63, 3.8) is 0 Å². The molecule has 1 atom stereocenters. The fourth-order valence-electron chi connectivity index (χ4n) is 4.97. The van der Waals surface area contributed by atoms with Gasteiger partial charge in [0.15, 0.2) is 16.6 Å². The molecule has 9 heteroatoms. The zero-order valence-electron chi connectivity index (χ0n) is 24.0. The van der Waals surface area contributed by atoms with Crippen LogP contribution in [0, 0.1) is 0 Å². The molecular weight excluding hydrogens is 552 g/mol. The Hall–Kier alpha value is -4.37. The molecule has 8 nitrogen and oxygen atoms in total. The minimum atomic E-state index is -0.939. The summed E-state index contributed by atoms with van der Waals surface area (Å²) in [5.74, 6) is -0.0201. The van der Waals surface area contributed by atoms with Crippen LogP contribution >= 0.6 is 11.3 Å². The van der Waals surface area contributed by atoms with Crippen molar-refractivity contribution in [1.82, 2.24) is 4.98 Å². The lowest BCUT2D eigenvalue weighted by atomic mass is 9.95.